The molecule has 0 radical (unpaired) electrons. The zero-order chi connectivity index (χ0) is 57.3. The Morgan fingerprint density at radius 1 is 0.456 bits per heavy atom. The van der Waals surface area contributed by atoms with Gasteiger partial charge in [0.25, 0.3) is 0 Å². The predicted octanol–water partition coefficient (Wildman–Crippen LogP) is 16.8. The molecule has 11 heteroatoms. The summed E-state index contributed by atoms with van der Waals surface area (Å²) in [5, 5.41) is 54.3. The van der Waals surface area contributed by atoms with Crippen LogP contribution < -0.4 is 5.32 Å². The third-order valence-corrected chi connectivity index (χ3v) is 16.3. The van der Waals surface area contributed by atoms with Gasteiger partial charge in [0.15, 0.2) is 6.29 Å². The molecule has 0 saturated carbocycles. The van der Waals surface area contributed by atoms with E-state index in [1.54, 1.807) is 6.08 Å². The number of amides is 1. The lowest BCUT2D eigenvalue weighted by Gasteiger charge is -2.40. The van der Waals surface area contributed by atoms with E-state index in [0.29, 0.717) is 19.4 Å². The van der Waals surface area contributed by atoms with Crippen LogP contribution in [0.5, 0.6) is 0 Å². The van der Waals surface area contributed by atoms with Crippen LogP contribution in [0.3, 0.4) is 0 Å². The van der Waals surface area contributed by atoms with Crippen molar-refractivity contribution in [1.29, 1.82) is 0 Å². The van der Waals surface area contributed by atoms with Crippen LogP contribution in [0.1, 0.15) is 335 Å². The zero-order valence-corrected chi connectivity index (χ0v) is 51.6. The van der Waals surface area contributed by atoms with Gasteiger partial charge in [-0.05, 0) is 51.4 Å². The molecule has 1 aliphatic heterocycles. The van der Waals surface area contributed by atoms with Gasteiger partial charge in [-0.1, -0.05) is 295 Å². The standard InChI is InChI=1S/C68H129NO10/c1-3-5-7-9-11-13-35-40-44-48-52-56-64(73)77-57-53-49-45-41-37-34-32-30-28-26-24-22-20-18-16-14-15-17-19-21-23-25-27-29-31-33-36-39-43-47-51-55-63(72)69-60(61(71)54-50-46-42-38-12-10-8-6-4-2)59-78-68-67(76)66(75)65(74)62(58-70)79-68/h9,11,50,54,60-62,65-68,70-71,74-76H,3-8,10,12-49,51-53,55-59H2,1-2H3,(H,69,72)/b11-9-,54-50+. The quantitative estimate of drug-likeness (QED) is 0.0195. The van der Waals surface area contributed by atoms with Gasteiger partial charge in [-0.2, -0.15) is 0 Å². The number of carbonyl (C=O) groups excluding carboxylic acids is 2. The molecular formula is C68H129NO10. The highest BCUT2D eigenvalue weighted by molar-refractivity contribution is 5.76. The van der Waals surface area contributed by atoms with Crippen molar-refractivity contribution in [3.63, 3.8) is 0 Å². The minimum Gasteiger partial charge on any atom is -0.466 e. The third kappa shape index (κ3) is 47.2. The van der Waals surface area contributed by atoms with E-state index in [0.717, 1.165) is 57.8 Å². The lowest BCUT2D eigenvalue weighted by molar-refractivity contribution is -0.302. The predicted molar refractivity (Wildman–Crippen MR) is 329 cm³/mol. The van der Waals surface area contributed by atoms with E-state index < -0.39 is 49.5 Å². The van der Waals surface area contributed by atoms with Gasteiger partial charge in [-0.15, -0.1) is 0 Å². The molecule has 1 amide bonds. The van der Waals surface area contributed by atoms with Crippen LogP contribution in [0, 0.1) is 0 Å². The molecule has 466 valence electrons. The Morgan fingerprint density at radius 3 is 1.25 bits per heavy atom. The molecule has 0 aliphatic carbocycles. The number of carbonyl (C=O) groups is 2. The Balaban J connectivity index is 1.91. The highest BCUT2D eigenvalue weighted by Gasteiger charge is 2.44. The van der Waals surface area contributed by atoms with Crippen molar-refractivity contribution in [2.75, 3.05) is 19.8 Å². The number of esters is 1. The Kier molecular flexibility index (Phi) is 55.1. The fraction of sp³-hybridized carbons (Fsp3) is 0.912. The lowest BCUT2D eigenvalue weighted by atomic mass is 9.99. The maximum atomic E-state index is 13.0. The largest absolute Gasteiger partial charge is 0.466 e. The van der Waals surface area contributed by atoms with Crippen LogP contribution in [0.15, 0.2) is 24.3 Å². The molecule has 7 atom stereocenters. The van der Waals surface area contributed by atoms with Gasteiger partial charge < -0.3 is 45.1 Å². The van der Waals surface area contributed by atoms with Crippen molar-refractivity contribution in [3.8, 4) is 0 Å². The number of nitrogens with one attached hydrogen (secondary N) is 1. The molecule has 0 aromatic heterocycles. The van der Waals surface area contributed by atoms with E-state index in [-0.39, 0.29) is 18.5 Å². The van der Waals surface area contributed by atoms with Crippen molar-refractivity contribution >= 4 is 11.9 Å². The molecular weight excluding hydrogens is 991 g/mol. The molecule has 1 heterocycles. The number of hydrogen-bond donors (Lipinski definition) is 6. The van der Waals surface area contributed by atoms with Crippen molar-refractivity contribution < 1.29 is 49.3 Å². The first-order valence-electron chi connectivity index (χ1n) is 34.1. The zero-order valence-electron chi connectivity index (χ0n) is 51.6. The molecule has 1 fully saturated rings. The summed E-state index contributed by atoms with van der Waals surface area (Å²) in [5.74, 6) is -0.176. The van der Waals surface area contributed by atoms with Crippen LogP contribution in [0.4, 0.5) is 0 Å². The Morgan fingerprint density at radius 2 is 0.823 bits per heavy atom. The first kappa shape index (κ1) is 75.2. The summed E-state index contributed by atoms with van der Waals surface area (Å²) < 4.78 is 16.7. The molecule has 1 saturated heterocycles. The fourth-order valence-corrected chi connectivity index (χ4v) is 10.9. The van der Waals surface area contributed by atoms with Crippen molar-refractivity contribution in [2.45, 2.75) is 378 Å². The Labute approximate surface area is 486 Å². The number of hydrogen-bond acceptors (Lipinski definition) is 10. The monoisotopic (exact) mass is 1120 g/mol. The van der Waals surface area contributed by atoms with Crippen molar-refractivity contribution in [3.05, 3.63) is 24.3 Å². The number of rotatable bonds is 60. The second kappa shape index (κ2) is 57.9. The third-order valence-electron chi connectivity index (χ3n) is 16.3. The first-order chi connectivity index (χ1) is 38.7. The molecule has 0 spiro atoms. The second-order valence-electron chi connectivity index (χ2n) is 23.9. The summed E-state index contributed by atoms with van der Waals surface area (Å²) in [6, 6.07) is -0.805. The van der Waals surface area contributed by atoms with Gasteiger partial charge in [0.1, 0.15) is 24.4 Å². The number of ether oxygens (including phenoxy) is 3. The number of aliphatic hydroxyl groups is 5. The lowest BCUT2D eigenvalue weighted by Crippen LogP contribution is -2.60. The van der Waals surface area contributed by atoms with Crippen LogP contribution in [-0.4, -0.2) is 100 Å². The summed E-state index contributed by atoms with van der Waals surface area (Å²) >= 11 is 0. The fourth-order valence-electron chi connectivity index (χ4n) is 10.9. The number of aliphatic hydroxyl groups excluding tert-OH is 5. The molecule has 1 rings (SSSR count). The first-order valence-corrected chi connectivity index (χ1v) is 34.1. The minimum absolute atomic E-state index is 0.00182. The van der Waals surface area contributed by atoms with E-state index in [1.165, 1.54) is 250 Å². The topological polar surface area (TPSA) is 175 Å². The summed E-state index contributed by atoms with van der Waals surface area (Å²) in [6.07, 6.45) is 61.9. The molecule has 0 aromatic carbocycles. The summed E-state index contributed by atoms with van der Waals surface area (Å²) in [6.45, 7) is 4.31. The Hall–Kier alpha value is -1.86. The second-order valence-corrected chi connectivity index (χ2v) is 23.9. The van der Waals surface area contributed by atoms with E-state index in [1.807, 2.05) is 6.08 Å². The van der Waals surface area contributed by atoms with Crippen LogP contribution in [0.25, 0.3) is 0 Å². The number of allylic oxidation sites excluding steroid dienone is 3. The maximum Gasteiger partial charge on any atom is 0.305 e. The van der Waals surface area contributed by atoms with Crippen LogP contribution >= 0.6 is 0 Å². The van der Waals surface area contributed by atoms with Gasteiger partial charge in [0.2, 0.25) is 5.91 Å². The van der Waals surface area contributed by atoms with Crippen LogP contribution in [-0.2, 0) is 23.8 Å². The summed E-state index contributed by atoms with van der Waals surface area (Å²) in [4.78, 5) is 25.0. The van der Waals surface area contributed by atoms with Gasteiger partial charge in [0, 0.05) is 12.8 Å². The van der Waals surface area contributed by atoms with Gasteiger partial charge >= 0.3 is 5.97 Å². The minimum atomic E-state index is -1.57. The summed E-state index contributed by atoms with van der Waals surface area (Å²) in [7, 11) is 0. The molecule has 0 bridgehead atoms. The normalized spacial score (nSPS) is 18.5. The molecule has 11 nitrogen and oxygen atoms in total. The average Bonchev–Trinajstić information content (AvgIpc) is 3.46. The SMILES string of the molecule is CCCC/C=C\CCCCCCCC(=O)OCCCCCCCCCCCCCCCCCCCCCCCCCCCCCCCCCC(=O)NC(COC1OC(CO)C(O)C(O)C1O)C(O)/C=C/CCCCCCCCC. The summed E-state index contributed by atoms with van der Waals surface area (Å²) in [5.41, 5.74) is 0. The van der Waals surface area contributed by atoms with E-state index in [4.69, 9.17) is 14.2 Å². The van der Waals surface area contributed by atoms with Gasteiger partial charge in [-0.25, -0.2) is 0 Å². The van der Waals surface area contributed by atoms with E-state index in [9.17, 15) is 35.1 Å². The molecule has 0 aromatic rings. The number of unbranched alkanes of at least 4 members (excludes halogenated alkanes) is 44. The van der Waals surface area contributed by atoms with Crippen LogP contribution in [0.2, 0.25) is 0 Å². The molecule has 7 unspecified atom stereocenters. The average molecular weight is 1120 g/mol. The van der Waals surface area contributed by atoms with Crippen molar-refractivity contribution in [2.24, 2.45) is 0 Å². The van der Waals surface area contributed by atoms with Gasteiger partial charge in [-0.3, -0.25) is 9.59 Å². The Bertz CT molecular complexity index is 1360. The smallest absolute Gasteiger partial charge is 0.305 e. The maximum absolute atomic E-state index is 13.0. The highest BCUT2D eigenvalue weighted by Crippen LogP contribution is 2.23. The molecule has 79 heavy (non-hydrogen) atoms. The van der Waals surface area contributed by atoms with E-state index >= 15 is 0 Å². The van der Waals surface area contributed by atoms with Gasteiger partial charge in [0.05, 0.1) is 32.0 Å². The molecule has 6 N–H and O–H groups in total. The van der Waals surface area contributed by atoms with Crippen molar-refractivity contribution in [1.82, 2.24) is 5.32 Å². The highest BCUT2D eigenvalue weighted by atomic mass is 16.7. The molecule has 1 aliphatic rings. The van der Waals surface area contributed by atoms with E-state index in [2.05, 4.69) is 31.3 Å².